The van der Waals surface area contributed by atoms with Crippen LogP contribution in [0, 0.1) is 0 Å². The van der Waals surface area contributed by atoms with Crippen LogP contribution in [-0.2, 0) is 4.79 Å². The van der Waals surface area contributed by atoms with E-state index in [0.29, 0.717) is 12.3 Å². The molecular weight excluding hydrogens is 260 g/mol. The van der Waals surface area contributed by atoms with E-state index in [1.165, 1.54) is 5.56 Å². The number of carbonyl (C=O) groups is 1. The largest absolute Gasteiger partial charge is 0.328 e. The third-order valence-corrected chi connectivity index (χ3v) is 3.13. The number of halogens is 1. The first kappa shape index (κ1) is 17.9. The minimum absolute atomic E-state index is 0. The minimum atomic E-state index is 0. The average Bonchev–Trinajstić information content (AvgIpc) is 2.35. The minimum Gasteiger partial charge on any atom is -0.328 e. The van der Waals surface area contributed by atoms with Crippen molar-refractivity contribution in [1.82, 2.24) is 0 Å². The Morgan fingerprint density at radius 2 is 1.74 bits per heavy atom. The molecule has 0 radical (unpaired) electrons. The number of anilines is 1. The second-order valence-electron chi connectivity index (χ2n) is 5.21. The van der Waals surface area contributed by atoms with Crippen molar-refractivity contribution >= 4 is 24.0 Å². The van der Waals surface area contributed by atoms with Gasteiger partial charge in [0, 0.05) is 25.2 Å². The van der Waals surface area contributed by atoms with Crippen LogP contribution in [0.1, 0.15) is 45.1 Å². The van der Waals surface area contributed by atoms with E-state index in [9.17, 15) is 4.79 Å². The number of rotatable bonds is 5. The van der Waals surface area contributed by atoms with Gasteiger partial charge in [0.1, 0.15) is 0 Å². The molecule has 0 aliphatic heterocycles. The normalized spacial score (nSPS) is 11.9. The Hall–Kier alpha value is -1.06. The lowest BCUT2D eigenvalue weighted by Crippen LogP contribution is -2.28. The van der Waals surface area contributed by atoms with Crippen molar-refractivity contribution in [1.29, 1.82) is 0 Å². The first-order chi connectivity index (χ1) is 8.41. The highest BCUT2D eigenvalue weighted by atomic mass is 35.5. The summed E-state index contributed by atoms with van der Waals surface area (Å²) in [5.41, 5.74) is 7.89. The predicted octanol–water partition coefficient (Wildman–Crippen LogP) is 3.32. The summed E-state index contributed by atoms with van der Waals surface area (Å²) >= 11 is 0. The fourth-order valence-corrected chi connectivity index (χ4v) is 1.75. The zero-order chi connectivity index (χ0) is 13.7. The predicted molar refractivity (Wildman–Crippen MR) is 84.1 cm³/mol. The molecule has 0 aromatic heterocycles. The first-order valence-electron chi connectivity index (χ1n) is 6.54. The molecule has 3 nitrogen and oxygen atoms in total. The quantitative estimate of drug-likeness (QED) is 0.901. The van der Waals surface area contributed by atoms with Gasteiger partial charge >= 0.3 is 0 Å². The number of hydrogen-bond acceptors (Lipinski definition) is 2. The molecule has 1 unspecified atom stereocenters. The van der Waals surface area contributed by atoms with Crippen LogP contribution in [0.4, 0.5) is 5.69 Å². The van der Waals surface area contributed by atoms with Crippen molar-refractivity contribution in [3.63, 3.8) is 0 Å². The van der Waals surface area contributed by atoms with E-state index >= 15 is 0 Å². The second kappa shape index (κ2) is 8.18. The highest BCUT2D eigenvalue weighted by Gasteiger charge is 2.11. The third kappa shape index (κ3) is 5.62. The van der Waals surface area contributed by atoms with Gasteiger partial charge in [-0.05, 0) is 37.0 Å². The lowest BCUT2D eigenvalue weighted by Gasteiger charge is -2.18. The summed E-state index contributed by atoms with van der Waals surface area (Å²) in [5.74, 6) is 0.628. The van der Waals surface area contributed by atoms with Gasteiger partial charge in [-0.1, -0.05) is 26.0 Å². The Labute approximate surface area is 122 Å². The summed E-state index contributed by atoms with van der Waals surface area (Å²) in [5, 5.41) is 0. The number of nitrogens with zero attached hydrogens (tertiary/aromatic N) is 1. The summed E-state index contributed by atoms with van der Waals surface area (Å²) in [6.45, 7) is 6.24. The molecule has 1 rings (SSSR count). The maximum Gasteiger partial charge on any atom is 0.226 e. The topological polar surface area (TPSA) is 46.3 Å². The molecule has 0 bridgehead atoms. The van der Waals surface area contributed by atoms with E-state index in [1.807, 2.05) is 26.1 Å². The fraction of sp³-hybridized carbons (Fsp3) is 0.533. The molecule has 1 aromatic rings. The monoisotopic (exact) mass is 284 g/mol. The first-order valence-corrected chi connectivity index (χ1v) is 6.54. The molecule has 0 saturated carbocycles. The molecule has 0 aliphatic rings. The Kier molecular flexibility index (Phi) is 7.72. The van der Waals surface area contributed by atoms with Crippen molar-refractivity contribution in [2.75, 3.05) is 11.9 Å². The maximum absolute atomic E-state index is 11.9. The lowest BCUT2D eigenvalue weighted by molar-refractivity contribution is -0.118. The molecule has 0 heterocycles. The SMILES string of the molecule is CC(N)CCC(=O)N(C)c1ccc(C(C)C)cc1.Cl. The third-order valence-electron chi connectivity index (χ3n) is 3.13. The molecule has 1 aromatic carbocycles. The van der Waals surface area contributed by atoms with Crippen LogP contribution < -0.4 is 10.6 Å². The number of benzene rings is 1. The van der Waals surface area contributed by atoms with Crippen LogP contribution in [0.15, 0.2) is 24.3 Å². The zero-order valence-electron chi connectivity index (χ0n) is 12.2. The smallest absolute Gasteiger partial charge is 0.226 e. The standard InChI is InChI=1S/C15H24N2O.ClH/c1-11(2)13-6-8-14(9-7-13)17(4)15(18)10-5-12(3)16;/h6-9,11-12H,5,10,16H2,1-4H3;1H. The molecule has 19 heavy (non-hydrogen) atoms. The van der Waals surface area contributed by atoms with E-state index < -0.39 is 0 Å². The van der Waals surface area contributed by atoms with Gasteiger partial charge in [0.15, 0.2) is 0 Å². The van der Waals surface area contributed by atoms with Gasteiger partial charge in [-0.25, -0.2) is 0 Å². The van der Waals surface area contributed by atoms with Crippen LogP contribution in [0.3, 0.4) is 0 Å². The number of amides is 1. The number of carbonyl (C=O) groups excluding carboxylic acids is 1. The summed E-state index contributed by atoms with van der Waals surface area (Å²) in [6, 6.07) is 8.23. The van der Waals surface area contributed by atoms with Crippen LogP contribution in [0.25, 0.3) is 0 Å². The van der Waals surface area contributed by atoms with Crippen molar-refractivity contribution in [3.8, 4) is 0 Å². The van der Waals surface area contributed by atoms with Crippen molar-refractivity contribution in [2.24, 2.45) is 5.73 Å². The molecule has 1 amide bonds. The zero-order valence-corrected chi connectivity index (χ0v) is 13.0. The molecule has 0 spiro atoms. The summed E-state index contributed by atoms with van der Waals surface area (Å²) in [7, 11) is 1.81. The van der Waals surface area contributed by atoms with Crippen molar-refractivity contribution < 1.29 is 4.79 Å². The molecule has 4 heteroatoms. The maximum atomic E-state index is 11.9. The summed E-state index contributed by atoms with van der Waals surface area (Å²) < 4.78 is 0. The van der Waals surface area contributed by atoms with E-state index in [0.717, 1.165) is 12.1 Å². The molecule has 0 saturated heterocycles. The van der Waals surface area contributed by atoms with Crippen LogP contribution in [0.2, 0.25) is 0 Å². The van der Waals surface area contributed by atoms with Crippen LogP contribution in [0.5, 0.6) is 0 Å². The highest BCUT2D eigenvalue weighted by molar-refractivity contribution is 5.92. The molecule has 2 N–H and O–H groups in total. The van der Waals surface area contributed by atoms with Gasteiger partial charge in [-0.2, -0.15) is 0 Å². The van der Waals surface area contributed by atoms with E-state index in [2.05, 4.69) is 26.0 Å². The number of nitrogens with two attached hydrogens (primary N) is 1. The van der Waals surface area contributed by atoms with Gasteiger partial charge in [-0.3, -0.25) is 4.79 Å². The molecule has 0 fully saturated rings. The van der Waals surface area contributed by atoms with E-state index in [1.54, 1.807) is 4.90 Å². The van der Waals surface area contributed by atoms with Crippen molar-refractivity contribution in [3.05, 3.63) is 29.8 Å². The fourth-order valence-electron chi connectivity index (χ4n) is 1.75. The van der Waals surface area contributed by atoms with E-state index in [-0.39, 0.29) is 24.4 Å². The van der Waals surface area contributed by atoms with Gasteiger partial charge in [0.25, 0.3) is 0 Å². The molecule has 108 valence electrons. The van der Waals surface area contributed by atoms with Gasteiger partial charge < -0.3 is 10.6 Å². The molecule has 1 atom stereocenters. The summed E-state index contributed by atoms with van der Waals surface area (Å²) in [4.78, 5) is 13.6. The highest BCUT2D eigenvalue weighted by Crippen LogP contribution is 2.20. The van der Waals surface area contributed by atoms with Gasteiger partial charge in [-0.15, -0.1) is 12.4 Å². The Bertz CT molecular complexity index is 388. The van der Waals surface area contributed by atoms with Gasteiger partial charge in [0.2, 0.25) is 5.91 Å². The Morgan fingerprint density at radius 3 is 2.16 bits per heavy atom. The molecule has 0 aliphatic carbocycles. The van der Waals surface area contributed by atoms with Gasteiger partial charge in [0.05, 0.1) is 0 Å². The summed E-state index contributed by atoms with van der Waals surface area (Å²) in [6.07, 6.45) is 1.23. The lowest BCUT2D eigenvalue weighted by atomic mass is 10.0. The van der Waals surface area contributed by atoms with Crippen molar-refractivity contribution in [2.45, 2.75) is 45.6 Å². The van der Waals surface area contributed by atoms with Crippen LogP contribution >= 0.6 is 12.4 Å². The van der Waals surface area contributed by atoms with E-state index in [4.69, 9.17) is 5.73 Å². The number of hydrogen-bond donors (Lipinski definition) is 1. The second-order valence-corrected chi connectivity index (χ2v) is 5.21. The Morgan fingerprint density at radius 1 is 1.21 bits per heavy atom. The molecular formula is C15H25ClN2O. The van der Waals surface area contributed by atoms with Crippen LogP contribution in [-0.4, -0.2) is 19.0 Å². The Balaban J connectivity index is 0.00000324. The average molecular weight is 285 g/mol.